The summed E-state index contributed by atoms with van der Waals surface area (Å²) in [6, 6.07) is 4.40. The number of hydrogen-bond donors (Lipinski definition) is 1. The first-order valence-electron chi connectivity index (χ1n) is 5.26. The molecule has 1 N–H and O–H groups in total. The van der Waals surface area contributed by atoms with Crippen LogP contribution in [0.3, 0.4) is 0 Å². The van der Waals surface area contributed by atoms with E-state index >= 15 is 0 Å². The van der Waals surface area contributed by atoms with Gasteiger partial charge in [-0.15, -0.1) is 0 Å². The summed E-state index contributed by atoms with van der Waals surface area (Å²) in [6.45, 7) is 0.910. The third kappa shape index (κ3) is 1.94. The number of rotatable bonds is 2. The number of benzene rings is 1. The molecule has 0 saturated carbocycles. The molecule has 2 rings (SSSR count). The molecular weight excluding hydrogens is 194 g/mol. The summed E-state index contributed by atoms with van der Waals surface area (Å²) in [5.41, 5.74) is 4.16. The van der Waals surface area contributed by atoms with Gasteiger partial charge in [-0.1, -0.05) is 17.7 Å². The number of nitrogens with one attached hydrogen (secondary N) is 1. The zero-order chi connectivity index (χ0) is 9.97. The molecule has 0 amide bonds. The van der Waals surface area contributed by atoms with E-state index in [0.29, 0.717) is 0 Å². The van der Waals surface area contributed by atoms with E-state index in [1.54, 1.807) is 0 Å². The summed E-state index contributed by atoms with van der Waals surface area (Å²) in [5, 5.41) is 4.12. The molecule has 0 unspecified atom stereocenters. The molecule has 0 spiro atoms. The quantitative estimate of drug-likeness (QED) is 0.790. The molecule has 2 heteroatoms. The van der Waals surface area contributed by atoms with Crippen LogP contribution in [-0.4, -0.2) is 7.05 Å². The Balaban J connectivity index is 2.36. The molecule has 0 aromatic heterocycles. The van der Waals surface area contributed by atoms with Crippen LogP contribution in [0.15, 0.2) is 12.1 Å². The van der Waals surface area contributed by atoms with Crippen LogP contribution in [0, 0.1) is 0 Å². The monoisotopic (exact) mass is 209 g/mol. The van der Waals surface area contributed by atoms with Crippen LogP contribution in [0.4, 0.5) is 0 Å². The van der Waals surface area contributed by atoms with E-state index in [9.17, 15) is 0 Å². The molecule has 1 aliphatic carbocycles. The Morgan fingerprint density at radius 1 is 1.29 bits per heavy atom. The highest BCUT2D eigenvalue weighted by Crippen LogP contribution is 2.29. The van der Waals surface area contributed by atoms with E-state index in [4.69, 9.17) is 11.6 Å². The third-order valence-corrected chi connectivity index (χ3v) is 3.19. The molecule has 0 saturated heterocycles. The van der Waals surface area contributed by atoms with E-state index in [2.05, 4.69) is 17.4 Å². The molecule has 1 aromatic carbocycles. The summed E-state index contributed by atoms with van der Waals surface area (Å²) < 4.78 is 0. The van der Waals surface area contributed by atoms with E-state index in [1.807, 2.05) is 7.05 Å². The summed E-state index contributed by atoms with van der Waals surface area (Å²) in [6.07, 6.45) is 4.96. The minimum Gasteiger partial charge on any atom is -0.316 e. The highest BCUT2D eigenvalue weighted by atomic mass is 35.5. The highest BCUT2D eigenvalue weighted by Gasteiger charge is 2.13. The first-order chi connectivity index (χ1) is 6.81. The van der Waals surface area contributed by atoms with Gasteiger partial charge in [0.25, 0.3) is 0 Å². The van der Waals surface area contributed by atoms with Gasteiger partial charge in [0.2, 0.25) is 0 Å². The van der Waals surface area contributed by atoms with Gasteiger partial charge < -0.3 is 5.32 Å². The second-order valence-corrected chi connectivity index (χ2v) is 4.36. The standard InChI is InChI=1S/C12H16ClN/c1-14-8-9-6-10-4-2-3-5-11(10)12(13)7-9/h6-7,14H,2-5,8H2,1H3. The number of hydrogen-bond acceptors (Lipinski definition) is 1. The normalized spacial score (nSPS) is 15.3. The Bertz CT molecular complexity index is 333. The maximum absolute atomic E-state index is 6.26. The smallest absolute Gasteiger partial charge is 0.0443 e. The molecule has 1 nitrogen and oxygen atoms in total. The first-order valence-corrected chi connectivity index (χ1v) is 5.64. The molecule has 76 valence electrons. The van der Waals surface area contributed by atoms with Crippen molar-refractivity contribution < 1.29 is 0 Å². The van der Waals surface area contributed by atoms with Crippen LogP contribution >= 0.6 is 11.6 Å². The summed E-state index contributed by atoms with van der Waals surface area (Å²) >= 11 is 6.26. The van der Waals surface area contributed by atoms with Crippen LogP contribution in [0.25, 0.3) is 0 Å². The number of halogens is 1. The molecule has 14 heavy (non-hydrogen) atoms. The number of aryl methyl sites for hydroxylation is 1. The predicted molar refractivity (Wildman–Crippen MR) is 60.9 cm³/mol. The molecule has 1 aliphatic rings. The van der Waals surface area contributed by atoms with E-state index in [1.165, 1.54) is 36.0 Å². The van der Waals surface area contributed by atoms with Gasteiger partial charge in [0.1, 0.15) is 0 Å². The van der Waals surface area contributed by atoms with Gasteiger partial charge in [-0.25, -0.2) is 0 Å². The maximum atomic E-state index is 6.26. The second kappa shape index (κ2) is 4.33. The first kappa shape index (κ1) is 10.0. The lowest BCUT2D eigenvalue weighted by Crippen LogP contribution is -2.09. The molecule has 0 bridgehead atoms. The summed E-state index contributed by atoms with van der Waals surface area (Å²) in [7, 11) is 1.97. The molecule has 0 radical (unpaired) electrons. The van der Waals surface area contributed by atoms with Gasteiger partial charge in [-0.05, 0) is 55.5 Å². The minimum absolute atomic E-state index is 0.910. The third-order valence-electron chi connectivity index (χ3n) is 2.85. The van der Waals surface area contributed by atoms with Gasteiger partial charge in [0, 0.05) is 11.6 Å². The van der Waals surface area contributed by atoms with Crippen molar-refractivity contribution in [1.82, 2.24) is 5.32 Å². The number of fused-ring (bicyclic) bond motifs is 1. The van der Waals surface area contributed by atoms with Crippen molar-refractivity contribution in [2.75, 3.05) is 7.05 Å². The molecule has 0 atom stereocenters. The fourth-order valence-corrected chi connectivity index (χ4v) is 2.54. The zero-order valence-electron chi connectivity index (χ0n) is 8.57. The molecule has 0 heterocycles. The zero-order valence-corrected chi connectivity index (χ0v) is 9.32. The SMILES string of the molecule is CNCc1cc(Cl)c2c(c1)CCCC2. The Morgan fingerprint density at radius 3 is 2.86 bits per heavy atom. The van der Waals surface area contributed by atoms with Crippen molar-refractivity contribution >= 4 is 11.6 Å². The Morgan fingerprint density at radius 2 is 2.07 bits per heavy atom. The second-order valence-electron chi connectivity index (χ2n) is 3.95. The highest BCUT2D eigenvalue weighted by molar-refractivity contribution is 6.31. The van der Waals surface area contributed by atoms with Gasteiger partial charge in [0.05, 0.1) is 0 Å². The average Bonchev–Trinajstić information content (AvgIpc) is 2.18. The molecule has 1 aromatic rings. The van der Waals surface area contributed by atoms with Crippen molar-refractivity contribution in [1.29, 1.82) is 0 Å². The van der Waals surface area contributed by atoms with Gasteiger partial charge in [-0.2, -0.15) is 0 Å². The van der Waals surface area contributed by atoms with Gasteiger partial charge in [0.15, 0.2) is 0 Å². The summed E-state index contributed by atoms with van der Waals surface area (Å²) in [4.78, 5) is 0. The van der Waals surface area contributed by atoms with Crippen LogP contribution in [0.2, 0.25) is 5.02 Å². The largest absolute Gasteiger partial charge is 0.316 e. The average molecular weight is 210 g/mol. The fraction of sp³-hybridized carbons (Fsp3) is 0.500. The van der Waals surface area contributed by atoms with E-state index in [-0.39, 0.29) is 0 Å². The van der Waals surface area contributed by atoms with E-state index in [0.717, 1.165) is 18.0 Å². The van der Waals surface area contributed by atoms with Crippen LogP contribution in [0.5, 0.6) is 0 Å². The minimum atomic E-state index is 0.910. The lowest BCUT2D eigenvalue weighted by Gasteiger charge is -2.18. The molecule has 0 aliphatic heterocycles. The Labute approximate surface area is 90.5 Å². The van der Waals surface area contributed by atoms with Crippen molar-refractivity contribution in [3.8, 4) is 0 Å². The lowest BCUT2D eigenvalue weighted by molar-refractivity contribution is 0.683. The molecule has 0 fully saturated rings. The van der Waals surface area contributed by atoms with Gasteiger partial charge in [-0.3, -0.25) is 0 Å². The van der Waals surface area contributed by atoms with Crippen molar-refractivity contribution in [2.24, 2.45) is 0 Å². The predicted octanol–water partition coefficient (Wildman–Crippen LogP) is 2.94. The maximum Gasteiger partial charge on any atom is 0.0443 e. The topological polar surface area (TPSA) is 12.0 Å². The fourth-order valence-electron chi connectivity index (χ4n) is 2.18. The molecular formula is C12H16ClN. The van der Waals surface area contributed by atoms with Crippen LogP contribution < -0.4 is 5.32 Å². The van der Waals surface area contributed by atoms with Crippen molar-refractivity contribution in [3.63, 3.8) is 0 Å². The summed E-state index contributed by atoms with van der Waals surface area (Å²) in [5.74, 6) is 0. The van der Waals surface area contributed by atoms with Gasteiger partial charge >= 0.3 is 0 Å². The van der Waals surface area contributed by atoms with Crippen molar-refractivity contribution in [3.05, 3.63) is 33.8 Å². The van der Waals surface area contributed by atoms with Crippen molar-refractivity contribution in [2.45, 2.75) is 32.2 Å². The Hall–Kier alpha value is -0.530. The Kier molecular flexibility index (Phi) is 3.09. The van der Waals surface area contributed by atoms with Crippen LogP contribution in [0.1, 0.15) is 29.5 Å². The van der Waals surface area contributed by atoms with E-state index < -0.39 is 0 Å². The van der Waals surface area contributed by atoms with Crippen LogP contribution in [-0.2, 0) is 19.4 Å². The lowest BCUT2D eigenvalue weighted by atomic mass is 9.90.